The number of nitrogen functional groups attached to an aromatic ring is 1. The third kappa shape index (κ3) is 13.8. The Labute approximate surface area is 305 Å². The molecule has 3 atom stereocenters. The largest absolute Gasteiger partial charge is 0.490 e. The molecule has 1 aliphatic rings. The van der Waals surface area contributed by atoms with Gasteiger partial charge in [0.05, 0.1) is 5.92 Å². The molecule has 12 N–H and O–H groups in total. The van der Waals surface area contributed by atoms with Gasteiger partial charge in [0.2, 0.25) is 17.7 Å². The number of amides is 3. The zero-order valence-corrected chi connectivity index (χ0v) is 29.2. The van der Waals surface area contributed by atoms with Crippen LogP contribution < -0.4 is 33.6 Å². The highest BCUT2D eigenvalue weighted by atomic mass is 19.4. The summed E-state index contributed by atoms with van der Waals surface area (Å²) >= 11 is 0. The van der Waals surface area contributed by atoms with Gasteiger partial charge in [0.25, 0.3) is 0 Å². The number of hydrogen-bond acceptors (Lipinski definition) is 6. The number of nitrogens with two attached hydrogens (primary N) is 4. The quantitative estimate of drug-likeness (QED) is 0.0648. The topological polar surface area (TPSA) is 253 Å². The second kappa shape index (κ2) is 19.8. The van der Waals surface area contributed by atoms with Gasteiger partial charge in [-0.3, -0.25) is 24.8 Å². The Kier molecular flexibility index (Phi) is 15.6. The van der Waals surface area contributed by atoms with Gasteiger partial charge in [-0.1, -0.05) is 98.8 Å². The molecular weight excluding hydrogens is 693 g/mol. The molecule has 286 valence electrons. The normalized spacial score (nSPS) is 14.8. The van der Waals surface area contributed by atoms with Gasteiger partial charge in [0.1, 0.15) is 17.9 Å². The zero-order chi connectivity index (χ0) is 39.1. The van der Waals surface area contributed by atoms with Crippen molar-refractivity contribution in [3.63, 3.8) is 0 Å². The average Bonchev–Trinajstić information content (AvgIpc) is 3.11. The number of halogens is 3. The minimum absolute atomic E-state index is 0.0301. The van der Waals surface area contributed by atoms with Crippen molar-refractivity contribution in [1.29, 1.82) is 5.41 Å². The Morgan fingerprint density at radius 2 is 1.45 bits per heavy atom. The number of nitrogens with one attached hydrogen (secondary N) is 3. The molecule has 0 aromatic heterocycles. The Morgan fingerprint density at radius 1 is 0.849 bits per heavy atom. The molecule has 0 aliphatic heterocycles. The Bertz CT molecular complexity index is 1760. The van der Waals surface area contributed by atoms with E-state index in [-0.39, 0.29) is 30.0 Å². The molecule has 16 heteroatoms. The van der Waals surface area contributed by atoms with E-state index in [1.807, 2.05) is 54.6 Å². The fourth-order valence-corrected chi connectivity index (χ4v) is 6.16. The molecule has 3 aromatic carbocycles. The number of amidine groups is 1. The van der Waals surface area contributed by atoms with E-state index in [0.717, 1.165) is 54.0 Å². The predicted molar refractivity (Wildman–Crippen MR) is 196 cm³/mol. The van der Waals surface area contributed by atoms with Crippen LogP contribution >= 0.6 is 0 Å². The van der Waals surface area contributed by atoms with Crippen LogP contribution in [0.15, 0.2) is 71.7 Å². The lowest BCUT2D eigenvalue weighted by Gasteiger charge is -2.29. The maximum absolute atomic E-state index is 14.2. The number of carbonyl (C=O) groups is 4. The van der Waals surface area contributed by atoms with Crippen LogP contribution in [0.25, 0.3) is 10.8 Å². The highest BCUT2D eigenvalue weighted by Crippen LogP contribution is 2.29. The van der Waals surface area contributed by atoms with E-state index in [2.05, 4.69) is 15.6 Å². The molecule has 3 amide bonds. The third-order valence-corrected chi connectivity index (χ3v) is 8.97. The van der Waals surface area contributed by atoms with E-state index in [1.54, 1.807) is 12.1 Å². The molecule has 0 bridgehead atoms. The van der Waals surface area contributed by atoms with Crippen LogP contribution in [0, 0.1) is 11.3 Å². The van der Waals surface area contributed by atoms with Crippen molar-refractivity contribution in [1.82, 2.24) is 10.6 Å². The highest BCUT2D eigenvalue weighted by Gasteiger charge is 2.38. The smallest absolute Gasteiger partial charge is 0.475 e. The van der Waals surface area contributed by atoms with E-state index >= 15 is 0 Å². The first-order valence-corrected chi connectivity index (χ1v) is 17.2. The number of alkyl halides is 3. The number of aliphatic imine (C=N–C) groups is 1. The van der Waals surface area contributed by atoms with Crippen molar-refractivity contribution in [3.8, 4) is 0 Å². The predicted octanol–water partition coefficient (Wildman–Crippen LogP) is 3.56. The minimum atomic E-state index is -5.08. The van der Waals surface area contributed by atoms with Crippen LogP contribution in [0.2, 0.25) is 0 Å². The number of carboxylic acid groups (broad SMARTS) is 1. The summed E-state index contributed by atoms with van der Waals surface area (Å²) in [4.78, 5) is 53.1. The maximum Gasteiger partial charge on any atom is 0.490 e. The summed E-state index contributed by atoms with van der Waals surface area (Å²) in [5, 5.41) is 22.8. The number of carboxylic acids is 1. The van der Waals surface area contributed by atoms with Gasteiger partial charge in [0.15, 0.2) is 5.96 Å². The molecule has 1 unspecified atom stereocenters. The second-order valence-electron chi connectivity index (χ2n) is 13.0. The maximum atomic E-state index is 14.2. The lowest BCUT2D eigenvalue weighted by atomic mass is 9.84. The number of nitrogens with zero attached hydrogens (tertiary/aromatic N) is 1. The summed E-state index contributed by atoms with van der Waals surface area (Å²) < 4.78 is 31.7. The van der Waals surface area contributed by atoms with Gasteiger partial charge in [-0.2, -0.15) is 13.2 Å². The molecule has 13 nitrogen and oxygen atoms in total. The Morgan fingerprint density at radius 3 is 2.02 bits per heavy atom. The molecule has 1 saturated carbocycles. The fraction of sp³-hybridized carbons (Fsp3) is 0.405. The van der Waals surface area contributed by atoms with E-state index < -0.39 is 42.0 Å². The summed E-state index contributed by atoms with van der Waals surface area (Å²) in [7, 11) is 0. The molecular formula is C37H47F3N8O5. The first-order valence-electron chi connectivity index (χ1n) is 17.2. The number of fused-ring (bicyclic) bond motifs is 1. The van der Waals surface area contributed by atoms with Crippen molar-refractivity contribution in [2.75, 3.05) is 6.54 Å². The second-order valence-corrected chi connectivity index (χ2v) is 13.0. The lowest BCUT2D eigenvalue weighted by molar-refractivity contribution is -0.192. The number of benzene rings is 3. The van der Waals surface area contributed by atoms with Gasteiger partial charge < -0.3 is 38.7 Å². The van der Waals surface area contributed by atoms with E-state index in [9.17, 15) is 27.6 Å². The summed E-state index contributed by atoms with van der Waals surface area (Å²) in [5.41, 5.74) is 24.4. The first-order chi connectivity index (χ1) is 25.0. The average molecular weight is 741 g/mol. The van der Waals surface area contributed by atoms with Crippen LogP contribution in [0.3, 0.4) is 0 Å². The van der Waals surface area contributed by atoms with E-state index in [4.69, 9.17) is 38.2 Å². The number of aliphatic carboxylic acids is 1. The number of guanidine groups is 1. The van der Waals surface area contributed by atoms with Crippen molar-refractivity contribution in [2.45, 2.75) is 82.0 Å². The van der Waals surface area contributed by atoms with Crippen molar-refractivity contribution in [2.24, 2.45) is 33.8 Å². The SMILES string of the molecule is N=C(N)c1ccc(CC(C(=O)N[C@@H](CC2CCCCC2)C(=O)N[C@@H](CCCN=C(N)N)C(N)=O)c2ccc3ccccc3c2)cc1.O=C(O)C(F)(F)F. The number of carbonyl (C=O) groups excluding carboxylic acids is 3. The number of primary amides is 1. The lowest BCUT2D eigenvalue weighted by Crippen LogP contribution is -2.54. The minimum Gasteiger partial charge on any atom is -0.475 e. The van der Waals surface area contributed by atoms with E-state index in [0.29, 0.717) is 31.4 Å². The molecule has 53 heavy (non-hydrogen) atoms. The molecule has 0 saturated heterocycles. The molecule has 1 fully saturated rings. The molecule has 0 heterocycles. The fourth-order valence-electron chi connectivity index (χ4n) is 6.16. The molecule has 4 rings (SSSR count). The Hall–Kier alpha value is -5.67. The standard InChI is InChI=1S/C35H46N8O3.C2HF3O2/c36-31(37)25-14-12-23(13-15-25)19-28(27-17-16-24-9-4-5-10-26(24)21-27)33(45)43-30(20-22-7-2-1-3-8-22)34(46)42-29(32(38)44)11-6-18-41-35(39)40;3-2(4,5)1(6)7/h4-5,9-10,12-17,21-22,28-30H,1-3,6-8,11,18-20H2,(H3,36,37)(H2,38,44)(H,42,46)(H,43,45)(H4,39,40,41);(H,6,7)/t28?,29-,30-;/m0./s1. The number of hydrogen-bond donors (Lipinski definition) is 8. The van der Waals surface area contributed by atoms with Gasteiger partial charge >= 0.3 is 12.1 Å². The number of rotatable bonds is 15. The highest BCUT2D eigenvalue weighted by molar-refractivity contribution is 5.95. The zero-order valence-electron chi connectivity index (χ0n) is 29.2. The molecule has 0 spiro atoms. The Balaban J connectivity index is 0.000000980. The van der Waals surface area contributed by atoms with Crippen LogP contribution in [0.4, 0.5) is 13.2 Å². The summed E-state index contributed by atoms with van der Waals surface area (Å²) in [5.74, 6) is -4.56. The summed E-state index contributed by atoms with van der Waals surface area (Å²) in [6.07, 6.45) is 1.74. The van der Waals surface area contributed by atoms with Crippen LogP contribution in [0.1, 0.15) is 74.0 Å². The molecule has 0 radical (unpaired) electrons. The third-order valence-electron chi connectivity index (χ3n) is 8.97. The van der Waals surface area contributed by atoms with Crippen LogP contribution in [-0.4, -0.2) is 65.4 Å². The molecule has 1 aliphatic carbocycles. The van der Waals surface area contributed by atoms with Crippen molar-refractivity contribution >= 4 is 46.3 Å². The first kappa shape index (κ1) is 41.7. The van der Waals surface area contributed by atoms with Gasteiger partial charge in [-0.05, 0) is 53.5 Å². The van der Waals surface area contributed by atoms with Gasteiger partial charge in [0, 0.05) is 12.1 Å². The van der Waals surface area contributed by atoms with Crippen LogP contribution in [-0.2, 0) is 25.6 Å². The summed E-state index contributed by atoms with van der Waals surface area (Å²) in [6, 6.07) is 19.4. The van der Waals surface area contributed by atoms with Crippen molar-refractivity contribution < 1.29 is 37.5 Å². The van der Waals surface area contributed by atoms with Crippen LogP contribution in [0.5, 0.6) is 0 Å². The molecule has 3 aromatic rings. The van der Waals surface area contributed by atoms with Gasteiger partial charge in [-0.15, -0.1) is 0 Å². The van der Waals surface area contributed by atoms with E-state index in [1.165, 1.54) is 0 Å². The monoisotopic (exact) mass is 740 g/mol. The van der Waals surface area contributed by atoms with Crippen molar-refractivity contribution in [3.05, 3.63) is 83.4 Å². The van der Waals surface area contributed by atoms with Gasteiger partial charge in [-0.25, -0.2) is 4.79 Å². The summed E-state index contributed by atoms with van der Waals surface area (Å²) in [6.45, 7) is 0.297.